The molecule has 11 heavy (non-hydrogen) atoms. The van der Waals surface area contributed by atoms with E-state index < -0.39 is 9.84 Å². The third-order valence-electron chi connectivity index (χ3n) is 1.13. The molecule has 0 aliphatic carbocycles. The lowest BCUT2D eigenvalue weighted by Gasteiger charge is -1.89. The van der Waals surface area contributed by atoms with Gasteiger partial charge in [0, 0.05) is 6.26 Å². The second-order valence-electron chi connectivity index (χ2n) is 2.13. The van der Waals surface area contributed by atoms with Crippen molar-refractivity contribution >= 4 is 25.8 Å². The fourth-order valence-corrected chi connectivity index (χ4v) is 1.50. The molecule has 0 aliphatic rings. The average Bonchev–Trinajstić information content (AvgIpc) is 2.32. The molecule has 0 bridgehead atoms. The van der Waals surface area contributed by atoms with Crippen LogP contribution in [0, 0.1) is 0 Å². The first kappa shape index (κ1) is 8.80. The third kappa shape index (κ3) is 2.07. The Balaban J connectivity index is 3.09. The van der Waals surface area contributed by atoms with E-state index in [1.807, 2.05) is 0 Å². The van der Waals surface area contributed by atoms with Crippen molar-refractivity contribution in [1.29, 1.82) is 0 Å². The van der Waals surface area contributed by atoms with Gasteiger partial charge in [0.15, 0.2) is 0 Å². The first-order valence-corrected chi connectivity index (χ1v) is 5.90. The number of furan rings is 1. The first-order valence-electron chi connectivity index (χ1n) is 2.89. The zero-order valence-corrected chi connectivity index (χ0v) is 8.28. The van der Waals surface area contributed by atoms with Gasteiger partial charge < -0.3 is 4.42 Å². The lowest BCUT2D eigenvalue weighted by Crippen LogP contribution is -1.93. The largest absolute Gasteiger partial charge is 0.449 e. The van der Waals surface area contributed by atoms with Crippen molar-refractivity contribution in [2.75, 3.05) is 6.26 Å². The maximum atomic E-state index is 10.9. The summed E-state index contributed by atoms with van der Waals surface area (Å²) < 4.78 is 26.7. The molecule has 1 heterocycles. The van der Waals surface area contributed by atoms with Crippen LogP contribution in [0.3, 0.4) is 0 Å². The summed E-state index contributed by atoms with van der Waals surface area (Å²) in [5.74, 6) is 0.616. The lowest BCUT2D eigenvalue weighted by atomic mass is 10.5. The van der Waals surface area contributed by atoms with Crippen molar-refractivity contribution in [2.24, 2.45) is 0 Å². The number of hydrogen-bond acceptors (Lipinski definition) is 3. The van der Waals surface area contributed by atoms with E-state index in [-0.39, 0.29) is 5.09 Å². The predicted molar refractivity (Wildman–Crippen MR) is 44.4 cm³/mol. The molecular formula is C6H7BrO3S. The van der Waals surface area contributed by atoms with Gasteiger partial charge in [0.1, 0.15) is 5.76 Å². The second-order valence-corrected chi connectivity index (χ2v) is 4.63. The van der Waals surface area contributed by atoms with Gasteiger partial charge in [-0.1, -0.05) is 15.9 Å². The summed E-state index contributed by atoms with van der Waals surface area (Å²) in [7, 11) is -3.18. The average molecular weight is 239 g/mol. The topological polar surface area (TPSA) is 47.3 Å². The maximum Gasteiger partial charge on any atom is 0.217 e. The zero-order chi connectivity index (χ0) is 8.48. The molecule has 0 unspecified atom stereocenters. The van der Waals surface area contributed by atoms with Crippen LogP contribution in [0.15, 0.2) is 21.6 Å². The molecule has 0 radical (unpaired) electrons. The van der Waals surface area contributed by atoms with Crippen LogP contribution in [-0.2, 0) is 15.2 Å². The Morgan fingerprint density at radius 2 is 2.18 bits per heavy atom. The van der Waals surface area contributed by atoms with Crippen molar-refractivity contribution in [3.05, 3.63) is 17.9 Å². The van der Waals surface area contributed by atoms with E-state index in [1.165, 1.54) is 6.07 Å². The van der Waals surface area contributed by atoms with Gasteiger partial charge in [0.2, 0.25) is 14.9 Å². The zero-order valence-electron chi connectivity index (χ0n) is 5.87. The van der Waals surface area contributed by atoms with E-state index >= 15 is 0 Å². The number of hydrogen-bond donors (Lipinski definition) is 0. The summed E-state index contributed by atoms with van der Waals surface area (Å²) in [6.45, 7) is 0. The first-order chi connectivity index (χ1) is 5.04. The van der Waals surface area contributed by atoms with E-state index in [0.717, 1.165) is 6.26 Å². The SMILES string of the molecule is CS(=O)(=O)c1ccc(CBr)o1. The molecule has 0 N–H and O–H groups in total. The van der Waals surface area contributed by atoms with Crippen LogP contribution in [0.5, 0.6) is 0 Å². The smallest absolute Gasteiger partial charge is 0.217 e. The monoisotopic (exact) mass is 238 g/mol. The number of sulfone groups is 1. The van der Waals surface area contributed by atoms with Gasteiger partial charge in [-0.2, -0.15) is 0 Å². The van der Waals surface area contributed by atoms with Crippen LogP contribution in [0.25, 0.3) is 0 Å². The number of rotatable bonds is 2. The van der Waals surface area contributed by atoms with Crippen molar-refractivity contribution < 1.29 is 12.8 Å². The third-order valence-corrected chi connectivity index (χ3v) is 2.64. The summed E-state index contributed by atoms with van der Waals surface area (Å²) in [5, 5.41) is 0.551. The minimum absolute atomic E-state index is 0.0203. The van der Waals surface area contributed by atoms with Gasteiger partial charge in [0.05, 0.1) is 5.33 Å². The standard InChI is InChI=1S/C6H7BrO3S/c1-11(8,9)6-3-2-5(4-7)10-6/h2-3H,4H2,1H3. The van der Waals surface area contributed by atoms with Crippen molar-refractivity contribution in [3.8, 4) is 0 Å². The fourth-order valence-electron chi connectivity index (χ4n) is 0.629. The van der Waals surface area contributed by atoms with Gasteiger partial charge >= 0.3 is 0 Å². The van der Waals surface area contributed by atoms with Crippen molar-refractivity contribution in [1.82, 2.24) is 0 Å². The van der Waals surface area contributed by atoms with E-state index in [4.69, 9.17) is 4.42 Å². The molecule has 5 heteroatoms. The predicted octanol–water partition coefficient (Wildman–Crippen LogP) is 1.58. The van der Waals surface area contributed by atoms with Crippen LogP contribution < -0.4 is 0 Å². The molecule has 0 aliphatic heterocycles. The molecule has 0 saturated carbocycles. The van der Waals surface area contributed by atoms with Crippen LogP contribution in [0.2, 0.25) is 0 Å². The van der Waals surface area contributed by atoms with Gasteiger partial charge in [-0.05, 0) is 12.1 Å². The van der Waals surface area contributed by atoms with Crippen molar-refractivity contribution in [3.63, 3.8) is 0 Å². The minimum Gasteiger partial charge on any atom is -0.449 e. The second kappa shape index (κ2) is 2.98. The highest BCUT2D eigenvalue weighted by molar-refractivity contribution is 9.08. The Morgan fingerprint density at radius 1 is 1.55 bits per heavy atom. The molecule has 1 aromatic heterocycles. The molecule has 0 spiro atoms. The number of halogens is 1. The molecule has 3 nitrogen and oxygen atoms in total. The Bertz CT molecular complexity index is 338. The molecule has 0 amide bonds. The van der Waals surface area contributed by atoms with E-state index in [2.05, 4.69) is 15.9 Å². The van der Waals surface area contributed by atoms with E-state index in [0.29, 0.717) is 11.1 Å². The molecule has 0 saturated heterocycles. The Kier molecular flexibility index (Phi) is 2.39. The van der Waals surface area contributed by atoms with Gasteiger partial charge in [0.25, 0.3) is 0 Å². The highest BCUT2D eigenvalue weighted by Crippen LogP contribution is 2.15. The van der Waals surface area contributed by atoms with E-state index in [9.17, 15) is 8.42 Å². The van der Waals surface area contributed by atoms with Crippen LogP contribution >= 0.6 is 15.9 Å². The molecule has 0 atom stereocenters. The summed E-state index contributed by atoms with van der Waals surface area (Å²) in [5.41, 5.74) is 0. The summed E-state index contributed by atoms with van der Waals surface area (Å²) in [6.07, 6.45) is 1.11. The quantitative estimate of drug-likeness (QED) is 0.736. The highest BCUT2D eigenvalue weighted by atomic mass is 79.9. The fraction of sp³-hybridized carbons (Fsp3) is 0.333. The lowest BCUT2D eigenvalue weighted by molar-refractivity contribution is 0.428. The van der Waals surface area contributed by atoms with Crippen LogP contribution in [-0.4, -0.2) is 14.7 Å². The molecule has 1 aromatic rings. The molecule has 0 fully saturated rings. The minimum atomic E-state index is -3.18. The summed E-state index contributed by atoms with van der Waals surface area (Å²) in [6, 6.07) is 3.08. The van der Waals surface area contributed by atoms with Crippen LogP contribution in [0.4, 0.5) is 0 Å². The van der Waals surface area contributed by atoms with Crippen molar-refractivity contribution in [2.45, 2.75) is 10.4 Å². The Labute approximate surface area is 73.4 Å². The Hall–Kier alpha value is -0.290. The molecule has 0 aromatic carbocycles. The van der Waals surface area contributed by atoms with Crippen LogP contribution in [0.1, 0.15) is 5.76 Å². The number of alkyl halides is 1. The normalized spacial score (nSPS) is 11.8. The summed E-state index contributed by atoms with van der Waals surface area (Å²) in [4.78, 5) is 0. The molecule has 1 rings (SSSR count). The molecular weight excluding hydrogens is 232 g/mol. The van der Waals surface area contributed by atoms with Gasteiger partial charge in [-0.25, -0.2) is 8.42 Å². The maximum absolute atomic E-state index is 10.9. The highest BCUT2D eigenvalue weighted by Gasteiger charge is 2.11. The van der Waals surface area contributed by atoms with E-state index in [1.54, 1.807) is 6.07 Å². The Morgan fingerprint density at radius 3 is 2.45 bits per heavy atom. The van der Waals surface area contributed by atoms with Gasteiger partial charge in [-0.15, -0.1) is 0 Å². The molecule has 62 valence electrons. The summed E-state index contributed by atoms with van der Waals surface area (Å²) >= 11 is 3.15. The van der Waals surface area contributed by atoms with Gasteiger partial charge in [-0.3, -0.25) is 0 Å².